The molecule has 8 heteroatoms. The number of fused-ring (bicyclic) bond motifs is 2. The van der Waals surface area contributed by atoms with Crippen LogP contribution in [-0.2, 0) is 6.42 Å². The average molecular weight is 370 g/mol. The van der Waals surface area contributed by atoms with Crippen molar-refractivity contribution in [3.63, 3.8) is 0 Å². The Morgan fingerprint density at radius 1 is 1.25 bits per heavy atom. The number of amides is 1. The summed E-state index contributed by atoms with van der Waals surface area (Å²) in [4.78, 5) is 31.0. The van der Waals surface area contributed by atoms with E-state index in [4.69, 9.17) is 9.40 Å². The Bertz CT molecular complexity index is 1230. The van der Waals surface area contributed by atoms with Crippen molar-refractivity contribution in [3.8, 4) is 6.07 Å². The van der Waals surface area contributed by atoms with Crippen molar-refractivity contribution >= 4 is 16.8 Å². The fourth-order valence-corrected chi connectivity index (χ4v) is 3.64. The Morgan fingerprint density at radius 3 is 3.04 bits per heavy atom. The van der Waals surface area contributed by atoms with Crippen molar-refractivity contribution in [3.05, 3.63) is 77.7 Å². The van der Waals surface area contributed by atoms with Gasteiger partial charge in [-0.3, -0.25) is 9.78 Å². The molecule has 0 aliphatic carbocycles. The Labute approximate surface area is 159 Å². The second-order valence-electron chi connectivity index (χ2n) is 6.49. The number of pyridine rings is 1. The first kappa shape index (κ1) is 16.2. The summed E-state index contributed by atoms with van der Waals surface area (Å²) in [7, 11) is 0. The van der Waals surface area contributed by atoms with Gasteiger partial charge in [-0.05, 0) is 12.1 Å². The molecule has 1 atom stereocenters. The number of imidazole rings is 1. The van der Waals surface area contributed by atoms with Crippen LogP contribution in [0.1, 0.15) is 39.4 Å². The fourth-order valence-electron chi connectivity index (χ4n) is 3.64. The molecule has 1 aromatic carbocycles. The largest absolute Gasteiger partial charge is 0.437 e. The van der Waals surface area contributed by atoms with Gasteiger partial charge >= 0.3 is 0 Å². The first-order chi connectivity index (χ1) is 13.8. The molecular formula is C20H14N6O2. The molecule has 136 valence electrons. The number of nitrogens with zero attached hydrogens (tertiary/aromatic N) is 5. The maximum absolute atomic E-state index is 13.2. The van der Waals surface area contributed by atoms with Crippen molar-refractivity contribution < 1.29 is 9.21 Å². The highest BCUT2D eigenvalue weighted by Crippen LogP contribution is 2.34. The molecule has 1 aliphatic rings. The summed E-state index contributed by atoms with van der Waals surface area (Å²) in [6.07, 6.45) is 3.36. The lowest BCUT2D eigenvalue weighted by Gasteiger charge is -2.34. The number of hydrogen-bond acceptors (Lipinski definition) is 6. The van der Waals surface area contributed by atoms with Gasteiger partial charge in [0, 0.05) is 24.0 Å². The maximum atomic E-state index is 13.2. The normalized spacial score (nSPS) is 16.0. The van der Waals surface area contributed by atoms with Crippen LogP contribution in [-0.4, -0.2) is 37.3 Å². The van der Waals surface area contributed by atoms with Gasteiger partial charge < -0.3 is 14.3 Å². The van der Waals surface area contributed by atoms with Gasteiger partial charge in [-0.1, -0.05) is 24.3 Å². The van der Waals surface area contributed by atoms with Gasteiger partial charge in [0.25, 0.3) is 5.91 Å². The summed E-state index contributed by atoms with van der Waals surface area (Å²) in [5.41, 5.74) is 3.25. The molecule has 0 fully saturated rings. The second-order valence-corrected chi connectivity index (χ2v) is 6.49. The van der Waals surface area contributed by atoms with Crippen LogP contribution in [0.15, 0.2) is 53.5 Å². The van der Waals surface area contributed by atoms with Crippen molar-refractivity contribution in [1.29, 1.82) is 5.26 Å². The lowest BCUT2D eigenvalue weighted by Crippen LogP contribution is -2.41. The van der Waals surface area contributed by atoms with Crippen molar-refractivity contribution in [2.45, 2.75) is 12.5 Å². The number of rotatable bonds is 2. The van der Waals surface area contributed by atoms with E-state index in [2.05, 4.69) is 15.0 Å². The number of nitriles is 1. The Balaban J connectivity index is 1.64. The third kappa shape index (κ3) is 2.45. The standard InChI is InChI=1S/C20H14N6O2/c21-9-16-19(28-11-24-16)20(27)26-8-7-14-17(23-10-22-14)18(26)15-6-5-12-3-1-2-4-13(12)25-15/h1-6,10-11,18H,7-8H2,(H,22,23)/t18-/m1/s1. The molecule has 1 amide bonds. The summed E-state index contributed by atoms with van der Waals surface area (Å²) in [5.74, 6) is -0.463. The van der Waals surface area contributed by atoms with Crippen LogP contribution in [0, 0.1) is 11.3 Å². The molecule has 4 heterocycles. The van der Waals surface area contributed by atoms with Gasteiger partial charge in [0.2, 0.25) is 5.76 Å². The number of nitrogens with one attached hydrogen (secondary N) is 1. The van der Waals surface area contributed by atoms with Gasteiger partial charge in [0.05, 0.1) is 23.2 Å². The van der Waals surface area contributed by atoms with E-state index < -0.39 is 11.9 Å². The highest BCUT2D eigenvalue weighted by molar-refractivity contribution is 5.94. The van der Waals surface area contributed by atoms with Gasteiger partial charge in [-0.25, -0.2) is 9.97 Å². The Morgan fingerprint density at radius 2 is 2.14 bits per heavy atom. The Kier molecular flexibility index (Phi) is 3.66. The molecule has 1 aliphatic heterocycles. The second kappa shape index (κ2) is 6.32. The molecule has 0 saturated carbocycles. The fraction of sp³-hybridized carbons (Fsp3) is 0.150. The van der Waals surface area contributed by atoms with Crippen LogP contribution in [0.4, 0.5) is 0 Å². The van der Waals surface area contributed by atoms with E-state index >= 15 is 0 Å². The first-order valence-corrected chi connectivity index (χ1v) is 8.78. The number of hydrogen-bond donors (Lipinski definition) is 1. The molecule has 0 radical (unpaired) electrons. The third-order valence-electron chi connectivity index (χ3n) is 4.95. The number of H-pyrrole nitrogens is 1. The van der Waals surface area contributed by atoms with E-state index in [1.807, 2.05) is 42.5 Å². The molecule has 28 heavy (non-hydrogen) atoms. The van der Waals surface area contributed by atoms with E-state index in [0.717, 1.165) is 28.7 Å². The summed E-state index contributed by atoms with van der Waals surface area (Å²) < 4.78 is 5.22. The molecule has 0 spiro atoms. The molecule has 4 aromatic rings. The predicted molar refractivity (Wildman–Crippen MR) is 98.1 cm³/mol. The van der Waals surface area contributed by atoms with Crippen LogP contribution < -0.4 is 0 Å². The zero-order valence-corrected chi connectivity index (χ0v) is 14.7. The number of carbonyl (C=O) groups is 1. The van der Waals surface area contributed by atoms with E-state index in [1.54, 1.807) is 11.2 Å². The summed E-state index contributed by atoms with van der Waals surface area (Å²) >= 11 is 0. The first-order valence-electron chi connectivity index (χ1n) is 8.78. The summed E-state index contributed by atoms with van der Waals surface area (Å²) in [6, 6.07) is 13.1. The lowest BCUT2D eigenvalue weighted by atomic mass is 9.98. The van der Waals surface area contributed by atoms with E-state index in [1.165, 1.54) is 0 Å². The molecule has 0 bridgehead atoms. The number of aromatic nitrogens is 4. The molecule has 0 unspecified atom stereocenters. The smallest absolute Gasteiger partial charge is 0.293 e. The minimum absolute atomic E-state index is 0.0250. The molecule has 8 nitrogen and oxygen atoms in total. The highest BCUT2D eigenvalue weighted by Gasteiger charge is 2.37. The zero-order chi connectivity index (χ0) is 19.1. The molecular weight excluding hydrogens is 356 g/mol. The van der Waals surface area contributed by atoms with E-state index in [-0.39, 0.29) is 11.5 Å². The van der Waals surface area contributed by atoms with Gasteiger partial charge in [0.1, 0.15) is 12.1 Å². The number of carbonyl (C=O) groups excluding carboxylic acids is 1. The SMILES string of the molecule is N#Cc1ncoc1C(=O)N1CCc2[nH]cnc2[C@H]1c1ccc2ccccc2n1. The minimum atomic E-state index is -0.483. The topological polar surface area (TPSA) is 112 Å². The third-order valence-corrected chi connectivity index (χ3v) is 4.95. The number of aromatic amines is 1. The molecule has 3 aromatic heterocycles. The van der Waals surface area contributed by atoms with Crippen LogP contribution in [0.25, 0.3) is 10.9 Å². The lowest BCUT2D eigenvalue weighted by molar-refractivity contribution is 0.0654. The van der Waals surface area contributed by atoms with Crippen molar-refractivity contribution in [1.82, 2.24) is 24.8 Å². The average Bonchev–Trinajstić information content (AvgIpc) is 3.41. The van der Waals surface area contributed by atoms with Gasteiger partial charge in [-0.2, -0.15) is 5.26 Å². The quantitative estimate of drug-likeness (QED) is 0.580. The van der Waals surface area contributed by atoms with Gasteiger partial charge in [0.15, 0.2) is 12.1 Å². The summed E-state index contributed by atoms with van der Waals surface area (Å²) in [5, 5.41) is 10.2. The van der Waals surface area contributed by atoms with E-state index in [0.29, 0.717) is 18.7 Å². The predicted octanol–water partition coefficient (Wildman–Crippen LogP) is 2.61. The van der Waals surface area contributed by atoms with Crippen molar-refractivity contribution in [2.24, 2.45) is 0 Å². The Hall–Kier alpha value is -3.99. The maximum Gasteiger partial charge on any atom is 0.293 e. The number of para-hydroxylation sites is 1. The molecule has 1 N–H and O–H groups in total. The van der Waals surface area contributed by atoms with Crippen LogP contribution in [0.2, 0.25) is 0 Å². The number of oxazole rings is 1. The molecule has 5 rings (SSSR count). The van der Waals surface area contributed by atoms with Crippen molar-refractivity contribution in [2.75, 3.05) is 6.54 Å². The van der Waals surface area contributed by atoms with Crippen LogP contribution in [0.5, 0.6) is 0 Å². The monoisotopic (exact) mass is 370 g/mol. The zero-order valence-electron chi connectivity index (χ0n) is 14.7. The molecule has 0 saturated heterocycles. The van der Waals surface area contributed by atoms with Crippen LogP contribution >= 0.6 is 0 Å². The van der Waals surface area contributed by atoms with Gasteiger partial charge in [-0.15, -0.1) is 0 Å². The van der Waals surface area contributed by atoms with E-state index in [9.17, 15) is 10.1 Å². The van der Waals surface area contributed by atoms with Crippen LogP contribution in [0.3, 0.4) is 0 Å². The minimum Gasteiger partial charge on any atom is -0.437 e. The number of benzene rings is 1. The highest BCUT2D eigenvalue weighted by atomic mass is 16.3. The summed E-state index contributed by atoms with van der Waals surface area (Å²) in [6.45, 7) is 0.443.